The van der Waals surface area contributed by atoms with Gasteiger partial charge in [-0.25, -0.2) is 9.98 Å². The number of para-hydroxylation sites is 1. The Labute approximate surface area is 136 Å². The van der Waals surface area contributed by atoms with Gasteiger partial charge in [0.15, 0.2) is 5.96 Å². The first-order valence-electron chi connectivity index (χ1n) is 6.39. The van der Waals surface area contributed by atoms with Gasteiger partial charge < -0.3 is 16.2 Å². The first-order valence-corrected chi connectivity index (χ1v) is 7.62. The van der Waals surface area contributed by atoms with Crippen LogP contribution in [0.1, 0.15) is 5.56 Å². The van der Waals surface area contributed by atoms with E-state index < -0.39 is 0 Å². The molecule has 1 aromatic heterocycles. The van der Waals surface area contributed by atoms with Gasteiger partial charge in [-0.05, 0) is 48.6 Å². The summed E-state index contributed by atoms with van der Waals surface area (Å²) in [6, 6.07) is 15.0. The van der Waals surface area contributed by atoms with Gasteiger partial charge >= 0.3 is 0 Å². The summed E-state index contributed by atoms with van der Waals surface area (Å²) in [5.74, 6) is 0.0149. The lowest BCUT2D eigenvalue weighted by Gasteiger charge is -2.04. The van der Waals surface area contributed by atoms with Crippen molar-refractivity contribution in [2.45, 2.75) is 0 Å². The van der Waals surface area contributed by atoms with E-state index in [1.807, 2.05) is 24.3 Å². The van der Waals surface area contributed by atoms with Crippen molar-refractivity contribution in [1.82, 2.24) is 4.98 Å². The van der Waals surface area contributed by atoms with Crippen molar-refractivity contribution in [3.63, 3.8) is 0 Å². The Morgan fingerprint density at radius 2 is 1.82 bits per heavy atom. The van der Waals surface area contributed by atoms with Crippen LogP contribution in [0.5, 0.6) is 5.19 Å². The van der Waals surface area contributed by atoms with Crippen molar-refractivity contribution in [2.24, 2.45) is 16.5 Å². The number of nitrogens with zero attached hydrogens (tertiary/aromatic N) is 2. The van der Waals surface area contributed by atoms with Crippen molar-refractivity contribution in [3.8, 4) is 5.19 Å². The quantitative estimate of drug-likeness (QED) is 0.438. The van der Waals surface area contributed by atoms with Crippen molar-refractivity contribution < 1.29 is 4.74 Å². The van der Waals surface area contributed by atoms with Crippen LogP contribution in [0.2, 0.25) is 0 Å². The molecule has 0 spiro atoms. The van der Waals surface area contributed by atoms with E-state index in [1.54, 1.807) is 24.3 Å². The molecule has 3 aromatic rings. The van der Waals surface area contributed by atoms with E-state index in [2.05, 4.69) is 9.98 Å². The van der Waals surface area contributed by atoms with Gasteiger partial charge in [0.25, 0.3) is 5.19 Å². The van der Waals surface area contributed by atoms with Crippen LogP contribution in [0.25, 0.3) is 10.2 Å². The minimum atomic E-state index is 0.0149. The zero-order chi connectivity index (χ0) is 15.5. The number of hydrogen-bond donors (Lipinski definition) is 2. The molecule has 0 amide bonds. The highest BCUT2D eigenvalue weighted by molar-refractivity contribution is 7.80. The Hall–Kier alpha value is -2.51. The molecule has 7 heteroatoms. The molecule has 0 aliphatic heterocycles. The number of ether oxygens (including phenoxy) is 1. The summed E-state index contributed by atoms with van der Waals surface area (Å²) in [4.78, 5) is 8.34. The van der Waals surface area contributed by atoms with E-state index in [0.29, 0.717) is 15.9 Å². The van der Waals surface area contributed by atoms with Crippen LogP contribution in [0.3, 0.4) is 0 Å². The predicted molar refractivity (Wildman–Crippen MR) is 93.9 cm³/mol. The number of nitrogens with two attached hydrogens (primary N) is 2. The molecule has 0 radical (unpaired) electrons. The Balaban J connectivity index is 1.77. The standard InChI is InChI=1S/C15H12N4OS2/c16-14(17)18-10-7-5-9(6-8-10)13(21)20-15-19-11-3-1-2-4-12(11)22-15/h1-8H,(H4,16,17,18). The van der Waals surface area contributed by atoms with E-state index in [4.69, 9.17) is 28.4 Å². The Kier molecular flexibility index (Phi) is 3.99. The Morgan fingerprint density at radius 1 is 1.09 bits per heavy atom. The fourth-order valence-electron chi connectivity index (χ4n) is 1.85. The molecular formula is C15H12N4OS2. The average molecular weight is 328 g/mol. The van der Waals surface area contributed by atoms with Gasteiger partial charge in [0.05, 0.1) is 15.9 Å². The first-order chi connectivity index (χ1) is 10.6. The summed E-state index contributed by atoms with van der Waals surface area (Å²) < 4.78 is 6.72. The van der Waals surface area contributed by atoms with Crippen LogP contribution in [-0.2, 0) is 0 Å². The lowest BCUT2D eigenvalue weighted by atomic mass is 10.2. The second-order valence-corrected chi connectivity index (χ2v) is 5.78. The topological polar surface area (TPSA) is 86.5 Å². The van der Waals surface area contributed by atoms with Gasteiger partial charge in [0, 0.05) is 5.56 Å². The maximum atomic E-state index is 5.66. The molecule has 0 aliphatic carbocycles. The van der Waals surface area contributed by atoms with Crippen molar-refractivity contribution in [3.05, 3.63) is 54.1 Å². The van der Waals surface area contributed by atoms with Crippen molar-refractivity contribution in [2.75, 3.05) is 0 Å². The van der Waals surface area contributed by atoms with Gasteiger partial charge in [-0.1, -0.05) is 23.5 Å². The van der Waals surface area contributed by atoms with Crippen molar-refractivity contribution >= 4 is 50.5 Å². The minimum absolute atomic E-state index is 0.0149. The van der Waals surface area contributed by atoms with E-state index in [0.717, 1.165) is 15.8 Å². The molecule has 0 aliphatic rings. The third kappa shape index (κ3) is 3.21. The monoisotopic (exact) mass is 328 g/mol. The number of thiazole rings is 1. The molecule has 2 aromatic carbocycles. The summed E-state index contributed by atoms with van der Waals surface area (Å²) in [5, 5.41) is 0.884. The van der Waals surface area contributed by atoms with Crippen LogP contribution in [0.15, 0.2) is 53.5 Å². The normalized spacial score (nSPS) is 10.4. The number of aliphatic imine (C=N–C) groups is 1. The number of thiocarbonyl (C=S) groups is 1. The molecule has 5 nitrogen and oxygen atoms in total. The maximum Gasteiger partial charge on any atom is 0.280 e. The maximum absolute atomic E-state index is 5.66. The number of hydrogen-bond acceptors (Lipinski definition) is 5. The second-order valence-electron chi connectivity index (χ2n) is 4.42. The molecular weight excluding hydrogens is 316 g/mol. The molecule has 3 rings (SSSR count). The van der Waals surface area contributed by atoms with Crippen LogP contribution >= 0.6 is 23.6 Å². The van der Waals surface area contributed by atoms with Crippen LogP contribution in [0, 0.1) is 0 Å². The summed E-state index contributed by atoms with van der Waals surface area (Å²) in [7, 11) is 0. The zero-order valence-electron chi connectivity index (χ0n) is 11.4. The van der Waals surface area contributed by atoms with Gasteiger partial charge in [-0.3, -0.25) is 0 Å². The summed E-state index contributed by atoms with van der Waals surface area (Å²) in [6.07, 6.45) is 0. The molecule has 0 saturated carbocycles. The van der Waals surface area contributed by atoms with E-state index in [1.165, 1.54) is 11.3 Å². The average Bonchev–Trinajstić information content (AvgIpc) is 2.89. The van der Waals surface area contributed by atoms with E-state index in [9.17, 15) is 0 Å². The summed E-state index contributed by atoms with van der Waals surface area (Å²) in [6.45, 7) is 0. The molecule has 0 fully saturated rings. The van der Waals surface area contributed by atoms with Gasteiger partial charge in [0.2, 0.25) is 5.05 Å². The highest BCUT2D eigenvalue weighted by atomic mass is 32.1. The molecule has 0 saturated heterocycles. The fourth-order valence-corrected chi connectivity index (χ4v) is 2.94. The van der Waals surface area contributed by atoms with Gasteiger partial charge in [-0.15, -0.1) is 0 Å². The van der Waals surface area contributed by atoms with Gasteiger partial charge in [0.1, 0.15) is 0 Å². The van der Waals surface area contributed by atoms with Crippen LogP contribution < -0.4 is 16.2 Å². The number of benzene rings is 2. The molecule has 0 bridgehead atoms. The molecule has 0 atom stereocenters. The van der Waals surface area contributed by atoms with E-state index in [-0.39, 0.29) is 5.96 Å². The van der Waals surface area contributed by atoms with E-state index >= 15 is 0 Å². The highest BCUT2D eigenvalue weighted by Crippen LogP contribution is 2.28. The number of fused-ring (bicyclic) bond motifs is 1. The first kappa shape index (κ1) is 14.4. The molecule has 22 heavy (non-hydrogen) atoms. The highest BCUT2D eigenvalue weighted by Gasteiger charge is 2.09. The second kappa shape index (κ2) is 6.08. The Morgan fingerprint density at radius 3 is 2.50 bits per heavy atom. The SMILES string of the molecule is NC(N)=Nc1ccc(C(=S)Oc2nc3ccccc3s2)cc1. The summed E-state index contributed by atoms with van der Waals surface area (Å²) in [5.41, 5.74) is 13.0. The third-order valence-corrected chi connectivity index (χ3v) is 4.05. The number of aromatic nitrogens is 1. The van der Waals surface area contributed by atoms with Crippen LogP contribution in [0.4, 0.5) is 5.69 Å². The smallest absolute Gasteiger partial charge is 0.280 e. The lowest BCUT2D eigenvalue weighted by Crippen LogP contribution is -2.21. The molecule has 0 unspecified atom stereocenters. The number of rotatable bonds is 3. The predicted octanol–water partition coefficient (Wildman–Crippen LogP) is 2.96. The molecule has 4 N–H and O–H groups in total. The largest absolute Gasteiger partial charge is 0.418 e. The third-order valence-electron chi connectivity index (χ3n) is 2.82. The Bertz CT molecular complexity index is 818. The van der Waals surface area contributed by atoms with Crippen molar-refractivity contribution in [1.29, 1.82) is 0 Å². The zero-order valence-corrected chi connectivity index (χ0v) is 13.0. The van der Waals surface area contributed by atoms with Crippen LogP contribution in [-0.4, -0.2) is 16.0 Å². The molecule has 110 valence electrons. The minimum Gasteiger partial charge on any atom is -0.418 e. The van der Waals surface area contributed by atoms with Gasteiger partial charge in [-0.2, -0.15) is 0 Å². The number of guanidine groups is 1. The lowest BCUT2D eigenvalue weighted by molar-refractivity contribution is 0.563. The molecule has 1 heterocycles. The fraction of sp³-hybridized carbons (Fsp3) is 0. The summed E-state index contributed by atoms with van der Waals surface area (Å²) >= 11 is 6.75.